The summed E-state index contributed by atoms with van der Waals surface area (Å²) in [6, 6.07) is 6.24. The van der Waals surface area contributed by atoms with E-state index in [1.165, 1.54) is 12.8 Å². The molecule has 3 rings (SSSR count). The van der Waals surface area contributed by atoms with Crippen molar-refractivity contribution in [1.29, 1.82) is 0 Å². The number of hydrogen-bond donors (Lipinski definition) is 1. The fraction of sp³-hybridized carbons (Fsp3) is 0.533. The lowest BCUT2D eigenvalue weighted by Crippen LogP contribution is -2.48. The number of Topliss-reactive ketones (excluding diaryl/α,β-unsaturated/α-hetero) is 1. The molecule has 0 amide bonds. The molecule has 0 aromatic heterocycles. The molecular formula is C15H20N2O2. The van der Waals surface area contributed by atoms with Gasteiger partial charge in [0.25, 0.3) is 0 Å². The summed E-state index contributed by atoms with van der Waals surface area (Å²) in [6.45, 7) is 3.22. The molecule has 2 atom stereocenters. The zero-order chi connectivity index (χ0) is 13.4. The van der Waals surface area contributed by atoms with Crippen LogP contribution in [-0.2, 0) is 4.74 Å². The molecule has 102 valence electrons. The molecule has 19 heavy (non-hydrogen) atoms. The normalized spacial score (nSPS) is 26.3. The second-order valence-electron chi connectivity index (χ2n) is 5.43. The van der Waals surface area contributed by atoms with Crippen LogP contribution in [0.2, 0.25) is 0 Å². The summed E-state index contributed by atoms with van der Waals surface area (Å²) in [7, 11) is 0. The van der Waals surface area contributed by atoms with Crippen LogP contribution < -0.4 is 10.6 Å². The molecule has 2 N–H and O–H groups in total. The van der Waals surface area contributed by atoms with Crippen molar-refractivity contribution in [2.45, 2.75) is 38.3 Å². The van der Waals surface area contributed by atoms with E-state index in [0.29, 0.717) is 23.4 Å². The second kappa shape index (κ2) is 4.85. The zero-order valence-electron chi connectivity index (χ0n) is 11.3. The van der Waals surface area contributed by atoms with Gasteiger partial charge < -0.3 is 15.4 Å². The number of anilines is 2. The number of nitrogens with zero attached hydrogens (tertiary/aromatic N) is 1. The first kappa shape index (κ1) is 12.5. The van der Waals surface area contributed by atoms with Crippen LogP contribution in [0, 0.1) is 0 Å². The number of nitrogen functional groups attached to an aromatic ring is 1. The SMILES string of the molecule is CC(=O)c1cc(N2CCOC3CCCC32)ccc1N. The molecule has 2 unspecified atom stereocenters. The second-order valence-corrected chi connectivity index (χ2v) is 5.43. The van der Waals surface area contributed by atoms with Gasteiger partial charge in [-0.05, 0) is 44.4 Å². The number of carbonyl (C=O) groups excluding carboxylic acids is 1. The van der Waals surface area contributed by atoms with Crippen molar-refractivity contribution in [1.82, 2.24) is 0 Å². The van der Waals surface area contributed by atoms with E-state index in [2.05, 4.69) is 4.90 Å². The summed E-state index contributed by atoms with van der Waals surface area (Å²) in [5.41, 5.74) is 8.15. The van der Waals surface area contributed by atoms with Crippen molar-refractivity contribution in [3.8, 4) is 0 Å². The monoisotopic (exact) mass is 260 g/mol. The van der Waals surface area contributed by atoms with Crippen LogP contribution >= 0.6 is 0 Å². The number of ketones is 1. The standard InChI is InChI=1S/C15H20N2O2/c1-10(18)12-9-11(5-6-13(12)16)17-7-8-19-15-4-2-3-14(15)17/h5-6,9,14-15H,2-4,7-8,16H2,1H3. The minimum atomic E-state index is 0.0237. The molecule has 1 aliphatic carbocycles. The van der Waals surface area contributed by atoms with E-state index in [0.717, 1.165) is 25.3 Å². The lowest BCUT2D eigenvalue weighted by Gasteiger charge is -2.39. The Morgan fingerprint density at radius 3 is 3.05 bits per heavy atom. The Morgan fingerprint density at radius 1 is 1.42 bits per heavy atom. The molecule has 0 spiro atoms. The predicted molar refractivity (Wildman–Crippen MR) is 75.6 cm³/mol. The van der Waals surface area contributed by atoms with Crippen LogP contribution in [0.5, 0.6) is 0 Å². The minimum Gasteiger partial charge on any atom is -0.398 e. The lowest BCUT2D eigenvalue weighted by atomic mass is 10.1. The maximum atomic E-state index is 11.6. The quantitative estimate of drug-likeness (QED) is 0.654. The lowest BCUT2D eigenvalue weighted by molar-refractivity contribution is 0.0256. The number of fused-ring (bicyclic) bond motifs is 1. The van der Waals surface area contributed by atoms with Gasteiger partial charge in [-0.1, -0.05) is 0 Å². The summed E-state index contributed by atoms with van der Waals surface area (Å²) in [6.07, 6.45) is 3.90. The number of morpholine rings is 1. The van der Waals surface area contributed by atoms with Crippen LogP contribution in [0.15, 0.2) is 18.2 Å². The molecule has 4 nitrogen and oxygen atoms in total. The van der Waals surface area contributed by atoms with E-state index in [4.69, 9.17) is 10.5 Å². The number of rotatable bonds is 2. The maximum absolute atomic E-state index is 11.6. The van der Waals surface area contributed by atoms with Gasteiger partial charge in [-0.15, -0.1) is 0 Å². The molecular weight excluding hydrogens is 240 g/mol. The zero-order valence-corrected chi connectivity index (χ0v) is 11.3. The first-order valence-corrected chi connectivity index (χ1v) is 6.95. The van der Waals surface area contributed by atoms with E-state index in [1.54, 1.807) is 6.92 Å². The van der Waals surface area contributed by atoms with Crippen LogP contribution in [-0.4, -0.2) is 31.1 Å². The summed E-state index contributed by atoms with van der Waals surface area (Å²) >= 11 is 0. The Labute approximate surface area is 113 Å². The third kappa shape index (κ3) is 2.21. The predicted octanol–water partition coefficient (Wildman–Crippen LogP) is 2.23. The topological polar surface area (TPSA) is 55.6 Å². The highest BCUT2D eigenvalue weighted by atomic mass is 16.5. The number of carbonyl (C=O) groups is 1. The van der Waals surface area contributed by atoms with E-state index >= 15 is 0 Å². The number of hydrogen-bond acceptors (Lipinski definition) is 4. The van der Waals surface area contributed by atoms with Gasteiger partial charge in [-0.25, -0.2) is 0 Å². The minimum absolute atomic E-state index is 0.0237. The van der Waals surface area contributed by atoms with Crippen molar-refractivity contribution in [2.24, 2.45) is 0 Å². The van der Waals surface area contributed by atoms with Gasteiger partial charge in [0.05, 0.1) is 18.8 Å². The molecule has 0 bridgehead atoms. The van der Waals surface area contributed by atoms with Crippen molar-refractivity contribution >= 4 is 17.2 Å². The molecule has 1 aromatic rings. The van der Waals surface area contributed by atoms with Crippen LogP contribution in [0.3, 0.4) is 0 Å². The number of benzene rings is 1. The van der Waals surface area contributed by atoms with Crippen molar-refractivity contribution in [3.63, 3.8) is 0 Å². The molecule has 2 aliphatic rings. The average molecular weight is 260 g/mol. The van der Waals surface area contributed by atoms with E-state index in [1.807, 2.05) is 18.2 Å². The summed E-state index contributed by atoms with van der Waals surface area (Å²) < 4.78 is 5.82. The number of ether oxygens (including phenoxy) is 1. The van der Waals surface area contributed by atoms with E-state index < -0.39 is 0 Å². The van der Waals surface area contributed by atoms with Gasteiger partial charge in [0.1, 0.15) is 0 Å². The Balaban J connectivity index is 1.93. The molecule has 4 heteroatoms. The van der Waals surface area contributed by atoms with Gasteiger partial charge in [0.2, 0.25) is 0 Å². The van der Waals surface area contributed by atoms with Crippen LogP contribution in [0.25, 0.3) is 0 Å². The van der Waals surface area contributed by atoms with Gasteiger partial charge in [-0.3, -0.25) is 4.79 Å². The summed E-state index contributed by atoms with van der Waals surface area (Å²) in [5, 5.41) is 0. The van der Waals surface area contributed by atoms with Crippen molar-refractivity contribution in [2.75, 3.05) is 23.8 Å². The Kier molecular flexibility index (Phi) is 3.19. The molecule has 1 saturated carbocycles. The first-order chi connectivity index (χ1) is 9.16. The first-order valence-electron chi connectivity index (χ1n) is 6.95. The number of nitrogens with two attached hydrogens (primary N) is 1. The molecule has 1 aromatic carbocycles. The Bertz CT molecular complexity index is 501. The molecule has 1 saturated heterocycles. The molecule has 1 heterocycles. The smallest absolute Gasteiger partial charge is 0.161 e. The van der Waals surface area contributed by atoms with E-state index in [9.17, 15) is 4.79 Å². The highest BCUT2D eigenvalue weighted by Gasteiger charge is 2.36. The third-order valence-electron chi connectivity index (χ3n) is 4.23. The molecule has 0 radical (unpaired) electrons. The third-order valence-corrected chi connectivity index (χ3v) is 4.23. The highest BCUT2D eigenvalue weighted by molar-refractivity contribution is 6.00. The average Bonchev–Trinajstić information content (AvgIpc) is 2.87. The Hall–Kier alpha value is -1.55. The highest BCUT2D eigenvalue weighted by Crippen LogP contribution is 2.34. The maximum Gasteiger partial charge on any atom is 0.161 e. The largest absolute Gasteiger partial charge is 0.398 e. The van der Waals surface area contributed by atoms with Gasteiger partial charge in [-0.2, -0.15) is 0 Å². The van der Waals surface area contributed by atoms with Crippen LogP contribution in [0.4, 0.5) is 11.4 Å². The van der Waals surface area contributed by atoms with Crippen molar-refractivity contribution in [3.05, 3.63) is 23.8 Å². The summed E-state index contributed by atoms with van der Waals surface area (Å²) in [4.78, 5) is 14.0. The Morgan fingerprint density at radius 2 is 2.26 bits per heavy atom. The summed E-state index contributed by atoms with van der Waals surface area (Å²) in [5.74, 6) is 0.0237. The van der Waals surface area contributed by atoms with Crippen LogP contribution in [0.1, 0.15) is 36.5 Å². The fourth-order valence-corrected chi connectivity index (χ4v) is 3.27. The molecule has 2 fully saturated rings. The molecule has 1 aliphatic heterocycles. The van der Waals surface area contributed by atoms with E-state index in [-0.39, 0.29) is 5.78 Å². The van der Waals surface area contributed by atoms with Gasteiger partial charge >= 0.3 is 0 Å². The fourth-order valence-electron chi connectivity index (χ4n) is 3.27. The van der Waals surface area contributed by atoms with Crippen molar-refractivity contribution < 1.29 is 9.53 Å². The van der Waals surface area contributed by atoms with Gasteiger partial charge in [0.15, 0.2) is 5.78 Å². The van der Waals surface area contributed by atoms with Gasteiger partial charge in [0, 0.05) is 23.5 Å².